The third-order valence-corrected chi connectivity index (χ3v) is 7.63. The highest BCUT2D eigenvalue weighted by Gasteiger charge is 2.55. The zero-order chi connectivity index (χ0) is 19.5. The third-order valence-electron chi connectivity index (χ3n) is 7.63. The number of rotatable bonds is 3. The number of hydrogen-bond donors (Lipinski definition) is 0. The molecule has 6 nitrogen and oxygen atoms in total. The molecule has 4 aliphatic carbocycles. The smallest absolute Gasteiger partial charge is 0.228 e. The highest BCUT2D eigenvalue weighted by atomic mass is 16.2. The Labute approximate surface area is 168 Å². The normalized spacial score (nSPS) is 34.0. The van der Waals surface area contributed by atoms with Gasteiger partial charge in [0, 0.05) is 52.0 Å². The number of carbonyl (C=O) groups excluding carboxylic acids is 1. The van der Waals surface area contributed by atoms with E-state index >= 15 is 0 Å². The van der Waals surface area contributed by atoms with Crippen LogP contribution in [0.25, 0.3) is 0 Å². The van der Waals surface area contributed by atoms with Gasteiger partial charge in [0.25, 0.3) is 0 Å². The van der Waals surface area contributed by atoms with Gasteiger partial charge in [-0.1, -0.05) is 0 Å². The molecule has 6 heteroatoms. The standard InChI is InChI=1S/C22H33N5O/c1-15-8-19(25(2)3)24-21(23-15)27-6-4-26(5-7-27)20(28)22-12-16-9-17(13-22)11-18(10-16)14-22/h8,16-18H,4-7,9-14H2,1-3H3. The maximum atomic E-state index is 13.6. The summed E-state index contributed by atoms with van der Waals surface area (Å²) in [6.07, 6.45) is 7.64. The molecule has 1 saturated heterocycles. The number of aromatic nitrogens is 2. The molecule has 1 amide bonds. The molecular weight excluding hydrogens is 350 g/mol. The van der Waals surface area contributed by atoms with E-state index in [1.165, 1.54) is 19.3 Å². The summed E-state index contributed by atoms with van der Waals surface area (Å²) in [5.41, 5.74) is 0.968. The van der Waals surface area contributed by atoms with Crippen molar-refractivity contribution in [2.75, 3.05) is 50.1 Å². The number of piperazine rings is 1. The molecule has 28 heavy (non-hydrogen) atoms. The summed E-state index contributed by atoms with van der Waals surface area (Å²) < 4.78 is 0. The maximum Gasteiger partial charge on any atom is 0.228 e. The van der Waals surface area contributed by atoms with Gasteiger partial charge in [-0.25, -0.2) is 4.98 Å². The van der Waals surface area contributed by atoms with Gasteiger partial charge in [-0.15, -0.1) is 0 Å². The van der Waals surface area contributed by atoms with Crippen molar-refractivity contribution in [2.24, 2.45) is 23.2 Å². The van der Waals surface area contributed by atoms with Gasteiger partial charge in [-0.05, 0) is 63.2 Å². The van der Waals surface area contributed by atoms with Gasteiger partial charge >= 0.3 is 0 Å². The van der Waals surface area contributed by atoms with Crippen molar-refractivity contribution in [3.05, 3.63) is 11.8 Å². The van der Waals surface area contributed by atoms with Gasteiger partial charge in [-0.2, -0.15) is 4.98 Å². The van der Waals surface area contributed by atoms with Crippen LogP contribution in [0.3, 0.4) is 0 Å². The molecule has 1 aliphatic heterocycles. The van der Waals surface area contributed by atoms with Crippen LogP contribution in [0.2, 0.25) is 0 Å². The number of carbonyl (C=O) groups is 1. The molecule has 5 fully saturated rings. The van der Waals surface area contributed by atoms with Crippen LogP contribution in [-0.2, 0) is 4.79 Å². The lowest BCUT2D eigenvalue weighted by molar-refractivity contribution is -0.158. The molecule has 0 N–H and O–H groups in total. The average Bonchev–Trinajstić information content (AvgIpc) is 2.66. The first-order valence-electron chi connectivity index (χ1n) is 11.0. The highest BCUT2D eigenvalue weighted by molar-refractivity contribution is 5.83. The van der Waals surface area contributed by atoms with E-state index in [9.17, 15) is 4.79 Å². The molecule has 1 aromatic rings. The van der Waals surface area contributed by atoms with Crippen LogP contribution in [0.15, 0.2) is 6.07 Å². The third kappa shape index (κ3) is 3.05. The Kier molecular flexibility index (Phi) is 4.29. The van der Waals surface area contributed by atoms with Crippen LogP contribution in [0.5, 0.6) is 0 Å². The molecule has 0 aromatic carbocycles. The summed E-state index contributed by atoms with van der Waals surface area (Å²) in [5, 5.41) is 0. The van der Waals surface area contributed by atoms with E-state index < -0.39 is 0 Å². The fourth-order valence-corrected chi connectivity index (χ4v) is 6.72. The summed E-state index contributed by atoms with van der Waals surface area (Å²) in [5.74, 6) is 4.66. The van der Waals surface area contributed by atoms with E-state index in [-0.39, 0.29) is 5.41 Å². The molecule has 152 valence electrons. The van der Waals surface area contributed by atoms with E-state index in [4.69, 9.17) is 4.98 Å². The number of anilines is 2. The summed E-state index contributed by atoms with van der Waals surface area (Å²) in [6, 6.07) is 2.01. The fourth-order valence-electron chi connectivity index (χ4n) is 6.72. The molecule has 4 bridgehead atoms. The van der Waals surface area contributed by atoms with Gasteiger partial charge in [0.15, 0.2) is 0 Å². The summed E-state index contributed by atoms with van der Waals surface area (Å²) in [4.78, 5) is 29.3. The van der Waals surface area contributed by atoms with Crippen LogP contribution in [-0.4, -0.2) is 61.0 Å². The minimum atomic E-state index is -0.0190. The number of nitrogens with zero attached hydrogens (tertiary/aromatic N) is 5. The second-order valence-corrected chi connectivity index (χ2v) is 10.0. The van der Waals surface area contributed by atoms with Crippen LogP contribution >= 0.6 is 0 Å². The Hall–Kier alpha value is -1.85. The predicted molar refractivity (Wildman–Crippen MR) is 110 cm³/mol. The monoisotopic (exact) mass is 383 g/mol. The van der Waals surface area contributed by atoms with Crippen molar-refractivity contribution in [1.29, 1.82) is 0 Å². The first-order chi connectivity index (χ1) is 13.4. The van der Waals surface area contributed by atoms with Crippen LogP contribution in [0.4, 0.5) is 11.8 Å². The van der Waals surface area contributed by atoms with Gasteiger partial charge in [0.2, 0.25) is 11.9 Å². The summed E-state index contributed by atoms with van der Waals surface area (Å²) >= 11 is 0. The lowest BCUT2D eigenvalue weighted by Crippen LogP contribution is -2.58. The Balaban J connectivity index is 1.27. The SMILES string of the molecule is Cc1cc(N(C)C)nc(N2CCN(C(=O)C34CC5CC(CC(C5)C3)C4)CC2)n1. The molecule has 0 atom stereocenters. The maximum absolute atomic E-state index is 13.6. The van der Waals surface area contributed by atoms with E-state index in [1.54, 1.807) is 0 Å². The minimum absolute atomic E-state index is 0.0190. The highest BCUT2D eigenvalue weighted by Crippen LogP contribution is 2.60. The lowest BCUT2D eigenvalue weighted by atomic mass is 9.49. The van der Waals surface area contributed by atoms with Crippen molar-refractivity contribution in [1.82, 2.24) is 14.9 Å². The van der Waals surface area contributed by atoms with Crippen LogP contribution in [0.1, 0.15) is 44.2 Å². The Morgan fingerprint density at radius 2 is 1.57 bits per heavy atom. The first kappa shape index (κ1) is 18.2. The topological polar surface area (TPSA) is 52.6 Å². The lowest BCUT2D eigenvalue weighted by Gasteiger charge is -2.57. The molecule has 0 radical (unpaired) electrons. The molecule has 0 spiro atoms. The first-order valence-corrected chi connectivity index (χ1v) is 11.0. The predicted octanol–water partition coefficient (Wildman–Crippen LogP) is 2.72. The molecule has 2 heterocycles. The van der Waals surface area contributed by atoms with Gasteiger partial charge < -0.3 is 14.7 Å². The van der Waals surface area contributed by atoms with Gasteiger partial charge in [0.1, 0.15) is 5.82 Å². The number of hydrogen-bond acceptors (Lipinski definition) is 5. The fraction of sp³-hybridized carbons (Fsp3) is 0.773. The number of aryl methyl sites for hydroxylation is 1. The van der Waals surface area contributed by atoms with Crippen molar-refractivity contribution in [3.63, 3.8) is 0 Å². The molecular formula is C22H33N5O. The average molecular weight is 384 g/mol. The quantitative estimate of drug-likeness (QED) is 0.803. The summed E-state index contributed by atoms with van der Waals surface area (Å²) in [6.45, 7) is 5.28. The second kappa shape index (κ2) is 6.60. The van der Waals surface area contributed by atoms with Crippen molar-refractivity contribution in [3.8, 4) is 0 Å². The van der Waals surface area contributed by atoms with Crippen molar-refractivity contribution < 1.29 is 4.79 Å². The second-order valence-electron chi connectivity index (χ2n) is 10.0. The Morgan fingerprint density at radius 1 is 1.00 bits per heavy atom. The summed E-state index contributed by atoms with van der Waals surface area (Å²) in [7, 11) is 4.02. The Morgan fingerprint density at radius 3 is 2.11 bits per heavy atom. The minimum Gasteiger partial charge on any atom is -0.363 e. The van der Waals surface area contributed by atoms with E-state index in [0.717, 1.165) is 80.7 Å². The molecule has 1 aromatic heterocycles. The van der Waals surface area contributed by atoms with Crippen molar-refractivity contribution in [2.45, 2.75) is 45.4 Å². The zero-order valence-corrected chi connectivity index (χ0v) is 17.5. The van der Waals surface area contributed by atoms with Crippen LogP contribution in [0, 0.1) is 30.1 Å². The van der Waals surface area contributed by atoms with Crippen molar-refractivity contribution >= 4 is 17.7 Å². The van der Waals surface area contributed by atoms with Gasteiger partial charge in [-0.3, -0.25) is 4.79 Å². The molecule has 6 rings (SSSR count). The zero-order valence-electron chi connectivity index (χ0n) is 17.5. The molecule has 5 aliphatic rings. The molecule has 0 unspecified atom stereocenters. The van der Waals surface area contributed by atoms with Gasteiger partial charge in [0.05, 0.1) is 5.41 Å². The molecule has 4 saturated carbocycles. The van der Waals surface area contributed by atoms with E-state index in [1.807, 2.05) is 32.0 Å². The van der Waals surface area contributed by atoms with Crippen LogP contribution < -0.4 is 9.80 Å². The van der Waals surface area contributed by atoms with E-state index in [2.05, 4.69) is 14.8 Å². The van der Waals surface area contributed by atoms with E-state index in [0.29, 0.717) is 5.91 Å². The largest absolute Gasteiger partial charge is 0.363 e. The Bertz CT molecular complexity index is 733. The number of amides is 1.